The van der Waals surface area contributed by atoms with Gasteiger partial charge in [-0.05, 0) is 30.3 Å². The van der Waals surface area contributed by atoms with Crippen LogP contribution in [-0.2, 0) is 0 Å². The standard InChI is InChI=1S/C15H8Cl2N4O2/c16-9-3-1-8(2-4-9)13-14(22)20-12-7-10(17)5-6-11(12)18-15(23)21(20)19-13/h1-7H,(H,18,23). The number of halogens is 2. The van der Waals surface area contributed by atoms with Gasteiger partial charge in [0.05, 0.1) is 11.0 Å². The second kappa shape index (κ2) is 4.97. The van der Waals surface area contributed by atoms with Crippen LogP contribution in [0.2, 0.25) is 10.0 Å². The van der Waals surface area contributed by atoms with Gasteiger partial charge >= 0.3 is 5.69 Å². The van der Waals surface area contributed by atoms with Gasteiger partial charge in [-0.1, -0.05) is 35.3 Å². The van der Waals surface area contributed by atoms with Gasteiger partial charge in [-0.15, -0.1) is 9.73 Å². The molecule has 0 spiro atoms. The van der Waals surface area contributed by atoms with E-state index in [0.717, 1.165) is 4.63 Å². The number of hydrogen-bond donors (Lipinski definition) is 1. The maximum Gasteiger partial charge on any atom is 0.362 e. The maximum atomic E-state index is 12.7. The molecule has 0 saturated carbocycles. The van der Waals surface area contributed by atoms with Crippen molar-refractivity contribution in [2.75, 3.05) is 0 Å². The van der Waals surface area contributed by atoms with E-state index in [1.807, 2.05) is 0 Å². The fourth-order valence-corrected chi connectivity index (χ4v) is 2.75. The van der Waals surface area contributed by atoms with Crippen molar-refractivity contribution in [3.8, 4) is 11.3 Å². The summed E-state index contributed by atoms with van der Waals surface area (Å²) in [6.07, 6.45) is 0. The van der Waals surface area contributed by atoms with Crippen molar-refractivity contribution in [2.45, 2.75) is 0 Å². The van der Waals surface area contributed by atoms with Crippen molar-refractivity contribution < 1.29 is 0 Å². The van der Waals surface area contributed by atoms with Gasteiger partial charge in [0, 0.05) is 15.6 Å². The van der Waals surface area contributed by atoms with E-state index in [1.165, 1.54) is 4.52 Å². The highest BCUT2D eigenvalue weighted by molar-refractivity contribution is 6.31. The van der Waals surface area contributed by atoms with Crippen molar-refractivity contribution in [3.63, 3.8) is 0 Å². The van der Waals surface area contributed by atoms with Gasteiger partial charge in [0.1, 0.15) is 0 Å². The second-order valence-corrected chi connectivity index (χ2v) is 5.83. The molecule has 0 amide bonds. The van der Waals surface area contributed by atoms with E-state index in [-0.39, 0.29) is 5.69 Å². The summed E-state index contributed by atoms with van der Waals surface area (Å²) >= 11 is 11.9. The monoisotopic (exact) mass is 346 g/mol. The molecule has 0 bridgehead atoms. The van der Waals surface area contributed by atoms with E-state index in [0.29, 0.717) is 26.6 Å². The Morgan fingerprint density at radius 2 is 1.65 bits per heavy atom. The Kier molecular flexibility index (Phi) is 3.04. The molecule has 4 aromatic rings. The molecule has 1 N–H and O–H groups in total. The van der Waals surface area contributed by atoms with E-state index < -0.39 is 11.2 Å². The molecule has 0 aliphatic rings. The third kappa shape index (κ3) is 2.15. The Labute approximate surface area is 138 Å². The molecule has 2 heterocycles. The molecule has 0 atom stereocenters. The van der Waals surface area contributed by atoms with Gasteiger partial charge in [-0.3, -0.25) is 4.79 Å². The van der Waals surface area contributed by atoms with Crippen LogP contribution in [0.1, 0.15) is 0 Å². The lowest BCUT2D eigenvalue weighted by Crippen LogP contribution is -2.26. The molecule has 0 aliphatic carbocycles. The lowest BCUT2D eigenvalue weighted by Gasteiger charge is -2.01. The second-order valence-electron chi connectivity index (χ2n) is 4.95. The van der Waals surface area contributed by atoms with E-state index in [9.17, 15) is 9.59 Å². The molecule has 0 unspecified atom stereocenters. The fourth-order valence-electron chi connectivity index (χ4n) is 2.46. The van der Waals surface area contributed by atoms with Crippen LogP contribution < -0.4 is 11.2 Å². The van der Waals surface area contributed by atoms with E-state index in [1.54, 1.807) is 42.5 Å². The number of aromatic amines is 1. The topological polar surface area (TPSA) is 71.6 Å². The number of aromatic nitrogens is 4. The lowest BCUT2D eigenvalue weighted by molar-refractivity contribution is 0.682. The maximum absolute atomic E-state index is 12.7. The largest absolute Gasteiger partial charge is 0.362 e. The molecule has 23 heavy (non-hydrogen) atoms. The molecule has 0 aliphatic heterocycles. The number of H-pyrrole nitrogens is 1. The van der Waals surface area contributed by atoms with Crippen LogP contribution in [0.15, 0.2) is 52.1 Å². The first-order chi connectivity index (χ1) is 11.0. The zero-order chi connectivity index (χ0) is 16.1. The third-order valence-electron chi connectivity index (χ3n) is 3.51. The van der Waals surface area contributed by atoms with E-state index in [4.69, 9.17) is 23.2 Å². The molecule has 8 heteroatoms. The number of nitrogens with one attached hydrogen (secondary N) is 1. The Bertz CT molecular complexity index is 1170. The molecule has 4 rings (SSSR count). The van der Waals surface area contributed by atoms with Crippen molar-refractivity contribution >= 4 is 34.2 Å². The fraction of sp³-hybridized carbons (Fsp3) is 0. The summed E-state index contributed by atoms with van der Waals surface area (Å²) in [7, 11) is 0. The van der Waals surface area contributed by atoms with Crippen LogP contribution >= 0.6 is 23.2 Å². The first-order valence-corrected chi connectivity index (χ1v) is 7.40. The Morgan fingerprint density at radius 1 is 0.957 bits per heavy atom. The first-order valence-electron chi connectivity index (χ1n) is 6.64. The van der Waals surface area contributed by atoms with Crippen molar-refractivity contribution in [3.05, 3.63) is 73.3 Å². The molecular weight excluding hydrogens is 339 g/mol. The zero-order valence-corrected chi connectivity index (χ0v) is 13.0. The lowest BCUT2D eigenvalue weighted by atomic mass is 10.2. The number of fused-ring (bicyclic) bond motifs is 3. The predicted octanol–water partition coefficient (Wildman–Crippen LogP) is 2.61. The summed E-state index contributed by atoms with van der Waals surface area (Å²) in [5.41, 5.74) is 0.768. The predicted molar refractivity (Wildman–Crippen MR) is 88.5 cm³/mol. The van der Waals surface area contributed by atoms with Gasteiger partial charge in [-0.2, -0.15) is 4.52 Å². The number of benzene rings is 2. The molecule has 114 valence electrons. The summed E-state index contributed by atoms with van der Waals surface area (Å²) in [4.78, 5) is 27.6. The van der Waals surface area contributed by atoms with Crippen LogP contribution in [0.3, 0.4) is 0 Å². The van der Waals surface area contributed by atoms with E-state index >= 15 is 0 Å². The minimum atomic E-state index is -0.517. The van der Waals surface area contributed by atoms with Gasteiger partial charge < -0.3 is 4.98 Å². The average molecular weight is 347 g/mol. The van der Waals surface area contributed by atoms with Crippen molar-refractivity contribution in [2.24, 2.45) is 0 Å². The minimum Gasteiger partial charge on any atom is -0.303 e. The SMILES string of the molecule is O=c1[nH]c2ccc(Cl)cc2n2c(=O)c(-c3ccc(Cl)cc3)nn12. The molecular formula is C15H8Cl2N4O2. The first kappa shape index (κ1) is 14.0. The zero-order valence-electron chi connectivity index (χ0n) is 11.5. The van der Waals surface area contributed by atoms with Gasteiger partial charge in [0.2, 0.25) is 0 Å². The average Bonchev–Trinajstić information content (AvgIpc) is 2.88. The van der Waals surface area contributed by atoms with Crippen LogP contribution in [0.25, 0.3) is 22.3 Å². The van der Waals surface area contributed by atoms with Gasteiger partial charge in [0.25, 0.3) is 5.56 Å². The number of hydrogen-bond acceptors (Lipinski definition) is 3. The van der Waals surface area contributed by atoms with E-state index in [2.05, 4.69) is 10.1 Å². The molecule has 0 saturated heterocycles. The molecule has 6 nitrogen and oxygen atoms in total. The highest BCUT2D eigenvalue weighted by Crippen LogP contribution is 2.18. The Balaban J connectivity index is 2.15. The van der Waals surface area contributed by atoms with Crippen LogP contribution in [0, 0.1) is 0 Å². The summed E-state index contributed by atoms with van der Waals surface area (Å²) in [6, 6.07) is 11.5. The Hall–Kier alpha value is -2.57. The summed E-state index contributed by atoms with van der Waals surface area (Å²) in [6.45, 7) is 0. The summed E-state index contributed by atoms with van der Waals surface area (Å²) in [5.74, 6) is 0. The highest BCUT2D eigenvalue weighted by Gasteiger charge is 2.15. The summed E-state index contributed by atoms with van der Waals surface area (Å²) < 4.78 is 2.19. The number of nitrogens with zero attached hydrogens (tertiary/aromatic N) is 3. The molecule has 0 fully saturated rings. The molecule has 0 radical (unpaired) electrons. The minimum absolute atomic E-state index is 0.157. The van der Waals surface area contributed by atoms with Crippen molar-refractivity contribution in [1.29, 1.82) is 0 Å². The van der Waals surface area contributed by atoms with Crippen LogP contribution in [0.4, 0.5) is 0 Å². The Morgan fingerprint density at radius 3 is 2.39 bits per heavy atom. The van der Waals surface area contributed by atoms with Gasteiger partial charge in [0.15, 0.2) is 5.69 Å². The normalized spacial score (nSPS) is 11.4. The quantitative estimate of drug-likeness (QED) is 0.575. The number of rotatable bonds is 1. The highest BCUT2D eigenvalue weighted by atomic mass is 35.5. The molecule has 2 aromatic carbocycles. The van der Waals surface area contributed by atoms with Crippen LogP contribution in [-0.4, -0.2) is 19.2 Å². The summed E-state index contributed by atoms with van der Waals surface area (Å²) in [5, 5.41) is 5.13. The van der Waals surface area contributed by atoms with Crippen LogP contribution in [0.5, 0.6) is 0 Å². The smallest absolute Gasteiger partial charge is 0.303 e. The van der Waals surface area contributed by atoms with Gasteiger partial charge in [-0.25, -0.2) is 4.79 Å². The third-order valence-corrected chi connectivity index (χ3v) is 4.00. The van der Waals surface area contributed by atoms with Crippen molar-refractivity contribution in [1.82, 2.24) is 19.2 Å². The molecule has 2 aromatic heterocycles.